The number of hydrogen-bond acceptors (Lipinski definition) is 12. The van der Waals surface area contributed by atoms with Crippen molar-refractivity contribution < 1.29 is 41.8 Å². The number of nitrogens with one attached hydrogen (secondary N) is 3. The van der Waals surface area contributed by atoms with E-state index in [-0.39, 0.29) is 31.4 Å². The number of sulfonamides is 1. The molecule has 3 N–H and O–H groups in total. The maximum Gasteiger partial charge on any atom is 0.408 e. The summed E-state index contributed by atoms with van der Waals surface area (Å²) in [5.41, 5.74) is 0.135. The van der Waals surface area contributed by atoms with Crippen LogP contribution in [-0.2, 0) is 29.1 Å². The molecule has 0 spiro atoms. The number of amides is 4. The Morgan fingerprint density at radius 1 is 0.982 bits per heavy atom. The van der Waals surface area contributed by atoms with Crippen LogP contribution in [0.5, 0.6) is 11.6 Å². The van der Waals surface area contributed by atoms with Gasteiger partial charge in [0.25, 0.3) is 5.91 Å². The fourth-order valence-electron chi connectivity index (χ4n) is 8.14. The molecule has 4 heterocycles. The van der Waals surface area contributed by atoms with Crippen molar-refractivity contribution in [3.63, 3.8) is 0 Å². The van der Waals surface area contributed by atoms with Crippen LogP contribution in [-0.4, -0.2) is 95.8 Å². The first kappa shape index (κ1) is 39.1. The maximum absolute atomic E-state index is 14.7. The quantitative estimate of drug-likeness (QED) is 0.252. The van der Waals surface area contributed by atoms with Gasteiger partial charge in [-0.25, -0.2) is 23.2 Å². The maximum atomic E-state index is 14.7. The molecule has 3 aliphatic carbocycles. The molecule has 3 aromatic rings. The molecule has 2 aromatic heterocycles. The average molecular weight is 821 g/mol. The van der Waals surface area contributed by atoms with Gasteiger partial charge >= 0.3 is 6.09 Å². The van der Waals surface area contributed by atoms with Crippen LogP contribution in [0.15, 0.2) is 47.9 Å². The number of methoxy groups -OCH3 is 1. The Morgan fingerprint density at radius 2 is 1.79 bits per heavy atom. The van der Waals surface area contributed by atoms with Crippen molar-refractivity contribution in [1.29, 1.82) is 0 Å². The Balaban J connectivity index is 1.11. The first-order valence-corrected chi connectivity index (χ1v) is 22.3. The molecule has 4 amide bonds. The molecule has 5 aliphatic rings. The monoisotopic (exact) mass is 820 g/mol. The van der Waals surface area contributed by atoms with E-state index in [9.17, 15) is 27.6 Å². The summed E-state index contributed by atoms with van der Waals surface area (Å²) in [6.07, 6.45) is 10.1. The van der Waals surface area contributed by atoms with Crippen molar-refractivity contribution in [2.75, 3.05) is 13.7 Å². The van der Waals surface area contributed by atoms with Crippen LogP contribution in [0.1, 0.15) is 83.5 Å². The third-order valence-electron chi connectivity index (χ3n) is 11.6. The number of allylic oxidation sites excluding steroid dienone is 1. The van der Waals surface area contributed by atoms with Crippen LogP contribution in [0.4, 0.5) is 4.79 Å². The first-order chi connectivity index (χ1) is 27.5. The molecule has 304 valence electrons. The van der Waals surface area contributed by atoms with Gasteiger partial charge in [-0.15, -0.1) is 11.3 Å². The second kappa shape index (κ2) is 16.2. The van der Waals surface area contributed by atoms with Crippen molar-refractivity contribution >= 4 is 56.2 Å². The van der Waals surface area contributed by atoms with Gasteiger partial charge in [0.05, 0.1) is 34.8 Å². The van der Waals surface area contributed by atoms with Crippen LogP contribution < -0.4 is 24.8 Å². The van der Waals surface area contributed by atoms with E-state index in [1.54, 1.807) is 19.2 Å². The van der Waals surface area contributed by atoms with Gasteiger partial charge < -0.3 is 29.7 Å². The second-order valence-corrected chi connectivity index (χ2v) is 18.6. The second-order valence-electron chi connectivity index (χ2n) is 15.7. The van der Waals surface area contributed by atoms with Gasteiger partial charge in [-0.3, -0.25) is 19.1 Å². The molecule has 1 saturated heterocycles. The average Bonchev–Trinajstić information content (AvgIpc) is 3.93. The van der Waals surface area contributed by atoms with Crippen LogP contribution in [0.2, 0.25) is 0 Å². The lowest BCUT2D eigenvalue weighted by atomic mass is 10.0. The number of thiophene rings is 1. The number of hydrogen-bond donors (Lipinski definition) is 3. The molecule has 15 nitrogen and oxygen atoms in total. The fourth-order valence-corrected chi connectivity index (χ4v) is 10.2. The highest BCUT2D eigenvalue weighted by Gasteiger charge is 2.62. The van der Waals surface area contributed by atoms with Crippen LogP contribution in [0.3, 0.4) is 0 Å². The Morgan fingerprint density at radius 3 is 2.54 bits per heavy atom. The third kappa shape index (κ3) is 8.59. The number of fused-ring (bicyclic) bond motifs is 3. The molecule has 3 saturated carbocycles. The fraction of sp³-hybridized carbons (Fsp3) is 0.550. The van der Waals surface area contributed by atoms with E-state index in [0.29, 0.717) is 54.6 Å². The lowest BCUT2D eigenvalue weighted by molar-refractivity contribution is -0.141. The zero-order valence-corrected chi connectivity index (χ0v) is 33.4. The van der Waals surface area contributed by atoms with Gasteiger partial charge in [0, 0.05) is 18.4 Å². The van der Waals surface area contributed by atoms with E-state index in [4.69, 9.17) is 24.2 Å². The molecular formula is C40H48N6O9S2. The minimum atomic E-state index is -3.90. The molecule has 1 unspecified atom stereocenters. The topological polar surface area (TPSA) is 195 Å². The molecule has 4 fully saturated rings. The summed E-state index contributed by atoms with van der Waals surface area (Å²) in [5, 5.41) is 7.01. The van der Waals surface area contributed by atoms with Crippen molar-refractivity contribution in [1.82, 2.24) is 30.2 Å². The van der Waals surface area contributed by atoms with Gasteiger partial charge in [0.2, 0.25) is 27.7 Å². The van der Waals surface area contributed by atoms with E-state index in [1.165, 1.54) is 16.2 Å². The highest BCUT2D eigenvalue weighted by atomic mass is 32.2. The van der Waals surface area contributed by atoms with E-state index in [2.05, 4.69) is 15.4 Å². The Bertz CT molecular complexity index is 2150. The van der Waals surface area contributed by atoms with Gasteiger partial charge in [-0.1, -0.05) is 31.1 Å². The van der Waals surface area contributed by atoms with E-state index in [1.807, 2.05) is 35.7 Å². The zero-order valence-electron chi connectivity index (χ0n) is 31.8. The predicted molar refractivity (Wildman–Crippen MR) is 211 cm³/mol. The Kier molecular flexibility index (Phi) is 11.1. The van der Waals surface area contributed by atoms with E-state index >= 15 is 0 Å². The summed E-state index contributed by atoms with van der Waals surface area (Å²) in [6.45, 7) is -0.0347. The molecule has 0 radical (unpaired) electrons. The number of aromatic nitrogens is 2. The molecule has 5 atom stereocenters. The summed E-state index contributed by atoms with van der Waals surface area (Å²) in [5.74, 6) is -1.53. The van der Waals surface area contributed by atoms with Crippen molar-refractivity contribution in [3.05, 3.63) is 47.9 Å². The first-order valence-electron chi connectivity index (χ1n) is 19.9. The van der Waals surface area contributed by atoms with Crippen LogP contribution in [0, 0.1) is 5.92 Å². The minimum absolute atomic E-state index is 0.0249. The normalized spacial score (nSPS) is 27.6. The minimum Gasteiger partial charge on any atom is -0.497 e. The molecule has 1 aromatic carbocycles. The largest absolute Gasteiger partial charge is 0.497 e. The van der Waals surface area contributed by atoms with E-state index < -0.39 is 68.7 Å². The van der Waals surface area contributed by atoms with Gasteiger partial charge in [0.15, 0.2) is 0 Å². The Hall–Kier alpha value is -4.77. The molecule has 8 rings (SSSR count). The smallest absolute Gasteiger partial charge is 0.408 e. The SMILES string of the molecule is COc1ccc2nc(-c3cccs3)c(O[C@@H]3C[C@H]4C(=O)N[C@]5(C(=O)NS(=O)(=O)C6CC6)CC5/C=C/CCCCC[C@@H](NC(=O)OC5CCCC5)C(=O)N4C3)nc2c1. The van der Waals surface area contributed by atoms with Gasteiger partial charge in [-0.2, -0.15) is 0 Å². The molecule has 57 heavy (non-hydrogen) atoms. The van der Waals surface area contributed by atoms with Crippen molar-refractivity contribution in [2.24, 2.45) is 5.92 Å². The lowest BCUT2D eigenvalue weighted by Crippen LogP contribution is -2.58. The zero-order chi connectivity index (χ0) is 39.7. The number of benzene rings is 1. The van der Waals surface area contributed by atoms with Crippen LogP contribution >= 0.6 is 11.3 Å². The summed E-state index contributed by atoms with van der Waals surface area (Å²) < 4.78 is 45.8. The summed E-state index contributed by atoms with van der Waals surface area (Å²) in [4.78, 5) is 68.1. The molecule has 0 bridgehead atoms. The summed E-state index contributed by atoms with van der Waals surface area (Å²) >= 11 is 1.46. The summed E-state index contributed by atoms with van der Waals surface area (Å²) in [6, 6.07) is 7.04. The highest BCUT2D eigenvalue weighted by molar-refractivity contribution is 7.91. The third-order valence-corrected chi connectivity index (χ3v) is 14.3. The van der Waals surface area contributed by atoms with Crippen molar-refractivity contribution in [3.8, 4) is 22.2 Å². The number of carbonyl (C=O) groups is 4. The standard InChI is InChI=1S/C40H48N6O9S2/c1-53-26-15-18-29-31(20-26)42-36(34(41-29)33-14-9-19-56-33)54-27-21-32-35(47)44-40(38(49)45-57(51,52)28-16-17-28)22-24(40)10-5-3-2-4-6-13-30(37(48)46(32)23-27)43-39(50)55-25-11-7-8-12-25/h5,9-10,14-15,18-20,24-25,27-28,30,32H,2-4,6-8,11-13,16-17,21-23H2,1H3,(H,43,50)(H,44,47)(H,45,49)/b10-5+/t24?,27-,30-,32+,40-/m1/s1. The number of nitrogens with zero attached hydrogens (tertiary/aromatic N) is 3. The van der Waals surface area contributed by atoms with E-state index in [0.717, 1.165) is 43.4 Å². The van der Waals surface area contributed by atoms with Crippen LogP contribution in [0.25, 0.3) is 21.6 Å². The predicted octanol–water partition coefficient (Wildman–Crippen LogP) is 4.76. The Labute approximate surface area is 335 Å². The number of ether oxygens (including phenoxy) is 3. The molecular weight excluding hydrogens is 773 g/mol. The molecule has 17 heteroatoms. The van der Waals surface area contributed by atoms with Crippen molar-refractivity contribution in [2.45, 2.75) is 119 Å². The highest BCUT2D eigenvalue weighted by Crippen LogP contribution is 2.46. The number of alkyl carbamates (subject to hydrolysis) is 1. The van der Waals surface area contributed by atoms with Gasteiger partial charge in [0.1, 0.15) is 41.3 Å². The summed E-state index contributed by atoms with van der Waals surface area (Å²) in [7, 11) is -2.34. The number of carbonyl (C=O) groups excluding carboxylic acids is 4. The number of rotatable bonds is 9. The lowest BCUT2D eigenvalue weighted by Gasteiger charge is -2.30. The molecule has 2 aliphatic heterocycles. The van der Waals surface area contributed by atoms with Gasteiger partial charge in [-0.05, 0) is 87.8 Å².